The van der Waals surface area contributed by atoms with Crippen LogP contribution in [-0.4, -0.2) is 74.0 Å². The largest absolute Gasteiger partial charge is 0.340 e. The molecular formula is C11H22ClN3O3S. The Kier molecular flexibility index (Phi) is 6.52. The van der Waals surface area contributed by atoms with Gasteiger partial charge in [-0.2, -0.15) is 17.0 Å². The lowest BCUT2D eigenvalue weighted by Crippen LogP contribution is -2.53. The molecule has 1 fully saturated rings. The molecule has 1 rings (SSSR count). The summed E-state index contributed by atoms with van der Waals surface area (Å²) in [5.41, 5.74) is 0. The lowest BCUT2D eigenvalue weighted by molar-refractivity contribution is -0.132. The lowest BCUT2D eigenvalue weighted by atomic mass is 10.2. The first-order valence-electron chi connectivity index (χ1n) is 6.41. The maximum Gasteiger partial charge on any atom is 0.281 e. The van der Waals surface area contributed by atoms with Crippen LogP contribution < -0.4 is 0 Å². The van der Waals surface area contributed by atoms with E-state index in [0.717, 1.165) is 12.8 Å². The van der Waals surface area contributed by atoms with E-state index < -0.39 is 10.2 Å². The Morgan fingerprint density at radius 3 is 2.21 bits per heavy atom. The van der Waals surface area contributed by atoms with E-state index in [1.165, 1.54) is 22.7 Å². The van der Waals surface area contributed by atoms with Crippen LogP contribution in [0.15, 0.2) is 0 Å². The third kappa shape index (κ3) is 4.59. The number of nitrogens with zero attached hydrogens (tertiary/aromatic N) is 3. The second-order valence-corrected chi connectivity index (χ2v) is 7.24. The molecule has 0 N–H and O–H groups in total. The van der Waals surface area contributed by atoms with Crippen LogP contribution in [0, 0.1) is 0 Å². The number of carbonyl (C=O) groups is 1. The van der Waals surface area contributed by atoms with E-state index in [1.807, 2.05) is 0 Å². The van der Waals surface area contributed by atoms with Gasteiger partial charge < -0.3 is 4.90 Å². The van der Waals surface area contributed by atoms with E-state index in [4.69, 9.17) is 11.6 Å². The Hall–Kier alpha value is -0.370. The first-order valence-corrected chi connectivity index (χ1v) is 8.34. The van der Waals surface area contributed by atoms with Crippen molar-refractivity contribution in [2.75, 3.05) is 46.2 Å². The Morgan fingerprint density at radius 2 is 1.74 bits per heavy atom. The number of piperazine rings is 1. The zero-order valence-electron chi connectivity index (χ0n) is 11.5. The number of hydrogen-bond acceptors (Lipinski definition) is 3. The van der Waals surface area contributed by atoms with Gasteiger partial charge in [-0.15, -0.1) is 11.6 Å². The zero-order valence-corrected chi connectivity index (χ0v) is 13.1. The molecule has 0 aromatic carbocycles. The van der Waals surface area contributed by atoms with Crippen molar-refractivity contribution in [3.05, 3.63) is 0 Å². The van der Waals surface area contributed by atoms with Crippen molar-refractivity contribution in [2.45, 2.75) is 19.3 Å². The van der Waals surface area contributed by atoms with Crippen molar-refractivity contribution in [1.82, 2.24) is 13.5 Å². The van der Waals surface area contributed by atoms with Gasteiger partial charge in [0, 0.05) is 52.6 Å². The van der Waals surface area contributed by atoms with Crippen LogP contribution in [0.5, 0.6) is 0 Å². The summed E-state index contributed by atoms with van der Waals surface area (Å²) in [5.74, 6) is 0.661. The van der Waals surface area contributed by atoms with Gasteiger partial charge in [-0.1, -0.05) is 0 Å². The molecule has 6 nitrogen and oxygen atoms in total. The molecule has 1 aliphatic rings. The number of alkyl halides is 1. The predicted octanol–water partition coefficient (Wildman–Crippen LogP) is 0.346. The van der Waals surface area contributed by atoms with Crippen molar-refractivity contribution >= 4 is 27.7 Å². The molecule has 1 amide bonds. The molecule has 1 heterocycles. The van der Waals surface area contributed by atoms with Crippen LogP contribution in [0.1, 0.15) is 19.3 Å². The Labute approximate surface area is 120 Å². The molecule has 0 spiro atoms. The fraction of sp³-hybridized carbons (Fsp3) is 0.909. The second-order valence-electron chi connectivity index (χ2n) is 4.72. The van der Waals surface area contributed by atoms with Gasteiger partial charge in [0.2, 0.25) is 5.91 Å². The maximum atomic E-state index is 11.9. The molecule has 0 aromatic rings. The first-order chi connectivity index (χ1) is 8.89. The number of rotatable bonds is 6. The van der Waals surface area contributed by atoms with Gasteiger partial charge >= 0.3 is 0 Å². The smallest absolute Gasteiger partial charge is 0.281 e. The van der Waals surface area contributed by atoms with E-state index in [9.17, 15) is 13.2 Å². The van der Waals surface area contributed by atoms with Gasteiger partial charge in [0.25, 0.3) is 10.2 Å². The first kappa shape index (κ1) is 16.7. The third-order valence-electron chi connectivity index (χ3n) is 3.15. The average molecular weight is 312 g/mol. The molecule has 0 atom stereocenters. The highest BCUT2D eigenvalue weighted by Crippen LogP contribution is 2.11. The second kappa shape index (κ2) is 7.42. The van der Waals surface area contributed by atoms with Gasteiger partial charge in [0.15, 0.2) is 0 Å². The van der Waals surface area contributed by atoms with Gasteiger partial charge in [-0.05, 0) is 12.8 Å². The maximum absolute atomic E-state index is 11.9. The van der Waals surface area contributed by atoms with Crippen molar-refractivity contribution in [3.63, 3.8) is 0 Å². The highest BCUT2D eigenvalue weighted by molar-refractivity contribution is 7.86. The van der Waals surface area contributed by atoms with Gasteiger partial charge in [0.1, 0.15) is 0 Å². The van der Waals surface area contributed by atoms with Crippen LogP contribution in [0.4, 0.5) is 0 Å². The molecule has 0 radical (unpaired) electrons. The summed E-state index contributed by atoms with van der Waals surface area (Å²) in [4.78, 5) is 13.6. The topological polar surface area (TPSA) is 60.9 Å². The number of carbonyl (C=O) groups excluding carboxylic acids is 1. The van der Waals surface area contributed by atoms with Crippen LogP contribution in [0.25, 0.3) is 0 Å². The minimum absolute atomic E-state index is 0.0898. The number of hydrogen-bond donors (Lipinski definition) is 0. The monoisotopic (exact) mass is 311 g/mol. The standard InChI is InChI=1S/C11H22ClN3O3S/c1-13(2)19(17,18)15-9-7-14(8-10-15)11(16)5-3-4-6-12/h3-10H2,1-2H3. The molecule has 112 valence electrons. The Balaban J connectivity index is 2.43. The molecule has 8 heteroatoms. The summed E-state index contributed by atoms with van der Waals surface area (Å²) in [6.45, 7) is 1.66. The molecule has 0 unspecified atom stereocenters. The fourth-order valence-corrected chi connectivity index (χ4v) is 3.20. The average Bonchev–Trinajstić information content (AvgIpc) is 2.39. The summed E-state index contributed by atoms with van der Waals surface area (Å²) in [5, 5.41) is 0. The predicted molar refractivity (Wildman–Crippen MR) is 75.3 cm³/mol. The quantitative estimate of drug-likeness (QED) is 0.525. The molecule has 1 aliphatic heterocycles. The van der Waals surface area contributed by atoms with Crippen LogP contribution >= 0.6 is 11.6 Å². The number of unbranched alkanes of at least 4 members (excludes halogenated alkanes) is 1. The van der Waals surface area contributed by atoms with Crippen molar-refractivity contribution in [2.24, 2.45) is 0 Å². The van der Waals surface area contributed by atoms with Gasteiger partial charge in [-0.25, -0.2) is 0 Å². The summed E-state index contributed by atoms with van der Waals surface area (Å²) in [7, 11) is -0.333. The van der Waals surface area contributed by atoms with E-state index in [1.54, 1.807) is 4.90 Å². The van der Waals surface area contributed by atoms with E-state index in [-0.39, 0.29) is 5.91 Å². The summed E-state index contributed by atoms with van der Waals surface area (Å²) in [6.07, 6.45) is 2.12. The molecule has 1 saturated heterocycles. The fourth-order valence-electron chi connectivity index (χ4n) is 1.93. The molecule has 0 bridgehead atoms. The van der Waals surface area contributed by atoms with Gasteiger partial charge in [-0.3, -0.25) is 4.79 Å². The van der Waals surface area contributed by atoms with Crippen LogP contribution in [-0.2, 0) is 15.0 Å². The van der Waals surface area contributed by atoms with Crippen LogP contribution in [0.2, 0.25) is 0 Å². The normalized spacial score (nSPS) is 18.0. The molecule has 0 aromatic heterocycles. The van der Waals surface area contributed by atoms with Crippen molar-refractivity contribution < 1.29 is 13.2 Å². The van der Waals surface area contributed by atoms with Gasteiger partial charge in [0.05, 0.1) is 0 Å². The molecular weight excluding hydrogens is 290 g/mol. The molecule has 0 saturated carbocycles. The van der Waals surface area contributed by atoms with E-state index in [2.05, 4.69) is 0 Å². The van der Waals surface area contributed by atoms with Crippen LogP contribution in [0.3, 0.4) is 0 Å². The highest BCUT2D eigenvalue weighted by atomic mass is 35.5. The van der Waals surface area contributed by atoms with E-state index in [0.29, 0.717) is 38.5 Å². The third-order valence-corrected chi connectivity index (χ3v) is 5.36. The summed E-state index contributed by atoms with van der Waals surface area (Å²) >= 11 is 5.57. The summed E-state index contributed by atoms with van der Waals surface area (Å²) < 4.78 is 26.4. The number of amides is 1. The minimum Gasteiger partial charge on any atom is -0.340 e. The van der Waals surface area contributed by atoms with Crippen molar-refractivity contribution in [3.8, 4) is 0 Å². The minimum atomic E-state index is -3.36. The zero-order chi connectivity index (χ0) is 14.5. The molecule has 19 heavy (non-hydrogen) atoms. The lowest BCUT2D eigenvalue weighted by Gasteiger charge is -2.35. The molecule has 0 aliphatic carbocycles. The Morgan fingerprint density at radius 1 is 1.16 bits per heavy atom. The summed E-state index contributed by atoms with van der Waals surface area (Å²) in [6, 6.07) is 0. The van der Waals surface area contributed by atoms with Crippen molar-refractivity contribution in [1.29, 1.82) is 0 Å². The Bertz CT molecular complexity index is 392. The SMILES string of the molecule is CN(C)S(=O)(=O)N1CCN(C(=O)CCCCCl)CC1. The highest BCUT2D eigenvalue weighted by Gasteiger charge is 2.29. The van der Waals surface area contributed by atoms with E-state index >= 15 is 0 Å². The number of halogens is 1.